The third kappa shape index (κ3) is 4.59. The number of esters is 1. The first-order chi connectivity index (χ1) is 17.4. The Morgan fingerprint density at radius 3 is 2.33 bits per heavy atom. The summed E-state index contributed by atoms with van der Waals surface area (Å²) in [6.45, 7) is 0. The van der Waals surface area contributed by atoms with Crippen LogP contribution in [-0.4, -0.2) is 19.0 Å². The Labute approximate surface area is 217 Å². The molecule has 2 heterocycles. The van der Waals surface area contributed by atoms with E-state index in [4.69, 9.17) is 32.4 Å². The van der Waals surface area contributed by atoms with Crippen LogP contribution in [0.3, 0.4) is 0 Å². The normalized spacial score (nSPS) is 14.3. The molecule has 36 heavy (non-hydrogen) atoms. The van der Waals surface area contributed by atoms with Crippen molar-refractivity contribution >= 4 is 52.5 Å². The second-order valence-electron chi connectivity index (χ2n) is 8.01. The molecule has 4 aromatic rings. The predicted octanol–water partition coefficient (Wildman–Crippen LogP) is 7.51. The molecule has 5 nitrogen and oxygen atoms in total. The number of halogens is 2. The maximum absolute atomic E-state index is 13.6. The predicted molar refractivity (Wildman–Crippen MR) is 142 cm³/mol. The van der Waals surface area contributed by atoms with Gasteiger partial charge >= 0.3 is 5.97 Å². The second kappa shape index (κ2) is 9.90. The highest BCUT2D eigenvalue weighted by Crippen LogP contribution is 2.36. The lowest BCUT2D eigenvalue weighted by atomic mass is 10.1. The van der Waals surface area contributed by atoms with Gasteiger partial charge in [0, 0.05) is 16.8 Å². The molecule has 0 saturated heterocycles. The number of anilines is 1. The van der Waals surface area contributed by atoms with Crippen LogP contribution in [0.25, 0.3) is 23.1 Å². The minimum absolute atomic E-state index is 0.216. The lowest BCUT2D eigenvalue weighted by molar-refractivity contribution is -0.113. The van der Waals surface area contributed by atoms with Gasteiger partial charge in [-0.15, -0.1) is 0 Å². The first-order valence-corrected chi connectivity index (χ1v) is 11.8. The van der Waals surface area contributed by atoms with Crippen LogP contribution in [0.5, 0.6) is 0 Å². The molecule has 0 radical (unpaired) electrons. The first-order valence-electron chi connectivity index (χ1n) is 11.0. The van der Waals surface area contributed by atoms with Crippen molar-refractivity contribution in [3.05, 3.63) is 124 Å². The zero-order chi connectivity index (χ0) is 25.2. The van der Waals surface area contributed by atoms with Gasteiger partial charge in [-0.2, -0.15) is 0 Å². The lowest BCUT2D eigenvalue weighted by Gasteiger charge is -2.21. The fourth-order valence-corrected chi connectivity index (χ4v) is 4.24. The highest BCUT2D eigenvalue weighted by atomic mass is 35.5. The number of furan rings is 1. The minimum Gasteiger partial charge on any atom is -0.465 e. The maximum Gasteiger partial charge on any atom is 0.337 e. The molecule has 178 valence electrons. The van der Waals surface area contributed by atoms with Gasteiger partial charge < -0.3 is 9.15 Å². The Morgan fingerprint density at radius 2 is 1.64 bits per heavy atom. The molecule has 5 rings (SSSR count). The van der Waals surface area contributed by atoms with Crippen molar-refractivity contribution in [3.8, 4) is 11.3 Å². The molecular weight excluding hydrogens is 497 g/mol. The van der Waals surface area contributed by atoms with Crippen molar-refractivity contribution in [2.75, 3.05) is 12.0 Å². The van der Waals surface area contributed by atoms with Crippen molar-refractivity contribution in [3.63, 3.8) is 0 Å². The van der Waals surface area contributed by atoms with Gasteiger partial charge in [-0.05, 0) is 72.3 Å². The molecule has 0 unspecified atom stereocenters. The Balaban J connectivity index is 1.51. The van der Waals surface area contributed by atoms with Crippen LogP contribution < -0.4 is 4.90 Å². The standard InChI is InChI=1S/C29H19Cl2NO4/c1-35-29(34)19-7-10-22(11-8-19)32-26(18-5-3-2-4-6-18)17-21(28(32)33)15-23-12-14-27(36-23)20-9-13-24(30)25(31)16-20/h2-17H,1H3/b21-15+. The summed E-state index contributed by atoms with van der Waals surface area (Å²) in [5, 5.41) is 0.893. The monoisotopic (exact) mass is 515 g/mol. The van der Waals surface area contributed by atoms with Gasteiger partial charge in [-0.1, -0.05) is 53.5 Å². The summed E-state index contributed by atoms with van der Waals surface area (Å²) >= 11 is 12.2. The fraction of sp³-hybridized carbons (Fsp3) is 0.0345. The summed E-state index contributed by atoms with van der Waals surface area (Å²) in [6.07, 6.45) is 3.53. The van der Waals surface area contributed by atoms with Crippen molar-refractivity contribution in [1.29, 1.82) is 0 Å². The molecule has 1 aliphatic rings. The molecule has 3 aromatic carbocycles. The van der Waals surface area contributed by atoms with Crippen LogP contribution in [0.4, 0.5) is 5.69 Å². The third-order valence-electron chi connectivity index (χ3n) is 5.73. The quantitative estimate of drug-likeness (QED) is 0.204. The van der Waals surface area contributed by atoms with Crippen LogP contribution >= 0.6 is 23.2 Å². The van der Waals surface area contributed by atoms with Crippen molar-refractivity contribution < 1.29 is 18.7 Å². The maximum atomic E-state index is 13.6. The molecule has 0 atom stereocenters. The molecule has 1 aromatic heterocycles. The molecule has 1 aliphatic heterocycles. The smallest absolute Gasteiger partial charge is 0.337 e. The number of hydrogen-bond acceptors (Lipinski definition) is 4. The fourth-order valence-electron chi connectivity index (χ4n) is 3.95. The number of benzene rings is 3. The molecular formula is C29H19Cl2NO4. The molecule has 7 heteroatoms. The van der Waals surface area contributed by atoms with E-state index in [0.717, 1.165) is 11.1 Å². The lowest BCUT2D eigenvalue weighted by Crippen LogP contribution is -2.25. The first kappa shape index (κ1) is 23.7. The summed E-state index contributed by atoms with van der Waals surface area (Å²) in [6, 6.07) is 25.2. The summed E-state index contributed by atoms with van der Waals surface area (Å²) in [4.78, 5) is 27.0. The summed E-state index contributed by atoms with van der Waals surface area (Å²) < 4.78 is 10.8. The minimum atomic E-state index is -0.440. The van der Waals surface area contributed by atoms with Crippen molar-refractivity contribution in [1.82, 2.24) is 0 Å². The van der Waals surface area contributed by atoms with Gasteiger partial charge in [0.25, 0.3) is 5.91 Å². The average Bonchev–Trinajstić information content (AvgIpc) is 3.50. The van der Waals surface area contributed by atoms with E-state index in [1.807, 2.05) is 48.5 Å². The highest BCUT2D eigenvalue weighted by molar-refractivity contribution is 6.42. The number of rotatable bonds is 5. The number of nitrogens with zero attached hydrogens (tertiary/aromatic N) is 1. The SMILES string of the molecule is COC(=O)c1ccc(N2C(=O)/C(=C/c3ccc(-c4ccc(Cl)c(Cl)c4)o3)C=C2c2ccccc2)cc1. The third-order valence-corrected chi connectivity index (χ3v) is 6.47. The van der Waals surface area contributed by atoms with E-state index in [1.54, 1.807) is 53.4 Å². The number of methoxy groups -OCH3 is 1. The Morgan fingerprint density at radius 1 is 0.889 bits per heavy atom. The van der Waals surface area contributed by atoms with E-state index in [-0.39, 0.29) is 5.91 Å². The Hall–Kier alpha value is -4.06. The van der Waals surface area contributed by atoms with E-state index in [2.05, 4.69) is 0 Å². The van der Waals surface area contributed by atoms with Gasteiger partial charge in [0.05, 0.1) is 28.4 Å². The summed E-state index contributed by atoms with van der Waals surface area (Å²) in [7, 11) is 1.33. The molecule has 0 fully saturated rings. The Kier molecular flexibility index (Phi) is 6.51. The van der Waals surface area contributed by atoms with Crippen LogP contribution in [0.1, 0.15) is 21.7 Å². The molecule has 0 spiro atoms. The van der Waals surface area contributed by atoms with Crippen molar-refractivity contribution in [2.45, 2.75) is 0 Å². The molecule has 0 aliphatic carbocycles. The van der Waals surface area contributed by atoms with Crippen LogP contribution in [-0.2, 0) is 9.53 Å². The number of ether oxygens (including phenoxy) is 1. The largest absolute Gasteiger partial charge is 0.465 e. The van der Waals surface area contributed by atoms with Crippen LogP contribution in [0.15, 0.2) is 101 Å². The molecule has 1 amide bonds. The topological polar surface area (TPSA) is 59.8 Å². The van der Waals surface area contributed by atoms with E-state index < -0.39 is 5.97 Å². The number of carbonyl (C=O) groups is 2. The van der Waals surface area contributed by atoms with Crippen molar-refractivity contribution in [2.24, 2.45) is 0 Å². The zero-order valence-electron chi connectivity index (χ0n) is 19.1. The molecule has 0 N–H and O–H groups in total. The van der Waals surface area contributed by atoms with Crippen LogP contribution in [0, 0.1) is 0 Å². The Bertz CT molecular complexity index is 1520. The number of hydrogen-bond donors (Lipinski definition) is 0. The highest BCUT2D eigenvalue weighted by Gasteiger charge is 2.30. The van der Waals surface area contributed by atoms with E-state index >= 15 is 0 Å². The van der Waals surface area contributed by atoms with E-state index in [9.17, 15) is 9.59 Å². The number of carbonyl (C=O) groups excluding carboxylic acids is 2. The summed E-state index contributed by atoms with van der Waals surface area (Å²) in [5.74, 6) is 0.468. The summed E-state index contributed by atoms with van der Waals surface area (Å²) in [5.41, 5.74) is 3.86. The average molecular weight is 516 g/mol. The van der Waals surface area contributed by atoms with E-state index in [0.29, 0.717) is 44.1 Å². The van der Waals surface area contributed by atoms with Crippen LogP contribution in [0.2, 0.25) is 10.0 Å². The number of amides is 1. The second-order valence-corrected chi connectivity index (χ2v) is 8.82. The van der Waals surface area contributed by atoms with E-state index in [1.165, 1.54) is 7.11 Å². The van der Waals surface area contributed by atoms with Gasteiger partial charge in [0.1, 0.15) is 11.5 Å². The van der Waals surface area contributed by atoms with Gasteiger partial charge in [-0.3, -0.25) is 9.69 Å². The molecule has 0 saturated carbocycles. The van der Waals surface area contributed by atoms with Gasteiger partial charge in [0.2, 0.25) is 0 Å². The molecule has 0 bridgehead atoms. The van der Waals surface area contributed by atoms with Gasteiger partial charge in [-0.25, -0.2) is 4.79 Å². The van der Waals surface area contributed by atoms with Gasteiger partial charge in [0.15, 0.2) is 0 Å². The zero-order valence-corrected chi connectivity index (χ0v) is 20.6.